The average molecular weight is 328 g/mol. The Morgan fingerprint density at radius 2 is 2.22 bits per heavy atom. The first-order valence-electron chi connectivity index (χ1n) is 5.77. The minimum atomic E-state index is -0.462. The van der Waals surface area contributed by atoms with E-state index in [0.717, 1.165) is 40.4 Å². The molecule has 0 spiro atoms. The fourth-order valence-electron chi connectivity index (χ4n) is 2.20. The summed E-state index contributed by atoms with van der Waals surface area (Å²) in [5, 5.41) is 10.7. The number of halogens is 2. The van der Waals surface area contributed by atoms with Crippen molar-refractivity contribution in [1.82, 2.24) is 4.98 Å². The molecule has 94 valence electrons. The van der Waals surface area contributed by atoms with Crippen LogP contribution in [0.2, 0.25) is 0 Å². The van der Waals surface area contributed by atoms with E-state index < -0.39 is 6.10 Å². The van der Waals surface area contributed by atoms with Gasteiger partial charge in [-0.25, -0.2) is 9.37 Å². The Labute approximate surface area is 117 Å². The maximum atomic E-state index is 13.4. The van der Waals surface area contributed by atoms with E-state index in [-0.39, 0.29) is 5.82 Å². The first kappa shape index (κ1) is 12.3. The van der Waals surface area contributed by atoms with Crippen LogP contribution in [0.1, 0.15) is 29.5 Å². The molecular formula is C13H11BrFNOS. The molecule has 3 rings (SSSR count). The van der Waals surface area contributed by atoms with E-state index in [2.05, 4.69) is 20.9 Å². The summed E-state index contributed by atoms with van der Waals surface area (Å²) in [4.78, 5) is 5.59. The zero-order valence-electron chi connectivity index (χ0n) is 9.49. The van der Waals surface area contributed by atoms with Crippen LogP contribution in [0, 0.1) is 5.82 Å². The second kappa shape index (κ2) is 4.72. The zero-order valence-corrected chi connectivity index (χ0v) is 11.9. The molecule has 1 heterocycles. The molecule has 1 atom stereocenters. The second-order valence-corrected chi connectivity index (χ2v) is 6.39. The average Bonchev–Trinajstić information content (AvgIpc) is 2.73. The van der Waals surface area contributed by atoms with Gasteiger partial charge >= 0.3 is 0 Å². The second-order valence-electron chi connectivity index (χ2n) is 4.39. The summed E-state index contributed by atoms with van der Waals surface area (Å²) in [6, 6.07) is 4.74. The quantitative estimate of drug-likeness (QED) is 0.856. The molecule has 1 aliphatic carbocycles. The lowest BCUT2D eigenvalue weighted by Gasteiger charge is -2.14. The Balaban J connectivity index is 2.07. The van der Waals surface area contributed by atoms with Crippen LogP contribution in [0.5, 0.6) is 0 Å². The molecule has 0 bridgehead atoms. The van der Waals surface area contributed by atoms with Gasteiger partial charge in [-0.15, -0.1) is 11.3 Å². The van der Waals surface area contributed by atoms with E-state index in [1.807, 2.05) is 6.07 Å². The molecule has 0 amide bonds. The number of aromatic nitrogens is 1. The van der Waals surface area contributed by atoms with Crippen molar-refractivity contribution in [2.75, 3.05) is 0 Å². The van der Waals surface area contributed by atoms with Gasteiger partial charge in [-0.3, -0.25) is 0 Å². The topological polar surface area (TPSA) is 33.1 Å². The minimum absolute atomic E-state index is 0.284. The molecule has 0 saturated carbocycles. The summed E-state index contributed by atoms with van der Waals surface area (Å²) in [6.07, 6.45) is 2.25. The van der Waals surface area contributed by atoms with Crippen LogP contribution >= 0.6 is 27.3 Å². The van der Waals surface area contributed by atoms with E-state index in [1.54, 1.807) is 11.3 Å². The van der Waals surface area contributed by atoms with Crippen LogP contribution in [-0.2, 0) is 6.42 Å². The highest BCUT2D eigenvalue weighted by molar-refractivity contribution is 9.10. The third kappa shape index (κ3) is 2.22. The van der Waals surface area contributed by atoms with Crippen molar-refractivity contribution in [2.24, 2.45) is 0 Å². The molecule has 1 aromatic heterocycles. The van der Waals surface area contributed by atoms with Crippen molar-refractivity contribution >= 4 is 27.3 Å². The van der Waals surface area contributed by atoms with Gasteiger partial charge in [0.15, 0.2) is 0 Å². The van der Waals surface area contributed by atoms with E-state index in [0.29, 0.717) is 4.47 Å². The van der Waals surface area contributed by atoms with Crippen LogP contribution in [0.3, 0.4) is 0 Å². The van der Waals surface area contributed by atoms with E-state index in [4.69, 9.17) is 0 Å². The molecule has 2 nitrogen and oxygen atoms in total. The van der Waals surface area contributed by atoms with Crippen LogP contribution < -0.4 is 0 Å². The number of fused-ring (bicyclic) bond motifs is 1. The summed E-state index contributed by atoms with van der Waals surface area (Å²) in [5.74, 6) is -0.284. The number of hydrogen-bond acceptors (Lipinski definition) is 3. The zero-order chi connectivity index (χ0) is 12.7. The number of aryl methyl sites for hydroxylation is 1. The number of benzene rings is 1. The van der Waals surface area contributed by atoms with Gasteiger partial charge in [-0.05, 0) is 37.5 Å². The van der Waals surface area contributed by atoms with Crippen LogP contribution in [0.25, 0.3) is 10.6 Å². The Morgan fingerprint density at radius 1 is 1.39 bits per heavy atom. The summed E-state index contributed by atoms with van der Waals surface area (Å²) < 4.78 is 14.1. The smallest absolute Gasteiger partial charge is 0.125 e. The largest absolute Gasteiger partial charge is 0.387 e. The molecule has 0 saturated heterocycles. The predicted octanol–water partition coefficient (Wildman–Crippen LogP) is 4.08. The number of aliphatic hydroxyl groups excluding tert-OH is 1. The number of nitrogens with zero attached hydrogens (tertiary/aromatic N) is 1. The van der Waals surface area contributed by atoms with Crippen molar-refractivity contribution in [3.05, 3.63) is 39.1 Å². The molecule has 1 aliphatic rings. The molecule has 0 aliphatic heterocycles. The molecule has 1 N–H and O–H groups in total. The first-order chi connectivity index (χ1) is 8.63. The van der Waals surface area contributed by atoms with Gasteiger partial charge in [0.05, 0.1) is 11.8 Å². The maximum absolute atomic E-state index is 13.4. The van der Waals surface area contributed by atoms with Gasteiger partial charge in [0.25, 0.3) is 0 Å². The summed E-state index contributed by atoms with van der Waals surface area (Å²) in [5.41, 5.74) is 1.54. The van der Waals surface area contributed by atoms with E-state index in [9.17, 15) is 9.50 Å². The van der Waals surface area contributed by atoms with Gasteiger partial charge in [-0.1, -0.05) is 15.9 Å². The molecule has 0 radical (unpaired) electrons. The van der Waals surface area contributed by atoms with Crippen molar-refractivity contribution < 1.29 is 9.50 Å². The van der Waals surface area contributed by atoms with Crippen LogP contribution in [-0.4, -0.2) is 10.1 Å². The highest BCUT2D eigenvalue weighted by atomic mass is 79.9. The van der Waals surface area contributed by atoms with Crippen LogP contribution in [0.15, 0.2) is 22.7 Å². The molecule has 5 heteroatoms. The Kier molecular flexibility index (Phi) is 3.21. The Hall–Kier alpha value is -0.780. The highest BCUT2D eigenvalue weighted by Gasteiger charge is 2.23. The predicted molar refractivity (Wildman–Crippen MR) is 73.1 cm³/mol. The maximum Gasteiger partial charge on any atom is 0.125 e. The fraction of sp³-hybridized carbons (Fsp3) is 0.308. The van der Waals surface area contributed by atoms with Gasteiger partial charge in [0.2, 0.25) is 0 Å². The number of aliphatic hydroxyl groups is 1. The molecule has 18 heavy (non-hydrogen) atoms. The molecule has 0 fully saturated rings. The summed E-state index contributed by atoms with van der Waals surface area (Å²) >= 11 is 4.83. The Morgan fingerprint density at radius 3 is 2.94 bits per heavy atom. The van der Waals surface area contributed by atoms with E-state index in [1.165, 1.54) is 12.1 Å². The monoisotopic (exact) mass is 327 g/mol. The minimum Gasteiger partial charge on any atom is -0.387 e. The van der Waals surface area contributed by atoms with Crippen molar-refractivity contribution in [1.29, 1.82) is 0 Å². The number of hydrogen-bond donors (Lipinski definition) is 1. The SMILES string of the molecule is OC1CCCc2sc(-c3cc(F)cc(Br)c3)nc21. The summed E-state index contributed by atoms with van der Waals surface area (Å²) in [6.45, 7) is 0. The lowest BCUT2D eigenvalue weighted by Crippen LogP contribution is -2.07. The number of thiazole rings is 1. The molecule has 1 unspecified atom stereocenters. The molecule has 1 aromatic carbocycles. The Bertz CT molecular complexity index is 578. The number of rotatable bonds is 1. The third-order valence-electron chi connectivity index (χ3n) is 3.03. The lowest BCUT2D eigenvalue weighted by molar-refractivity contribution is 0.153. The van der Waals surface area contributed by atoms with Crippen LogP contribution in [0.4, 0.5) is 4.39 Å². The van der Waals surface area contributed by atoms with Gasteiger partial charge in [-0.2, -0.15) is 0 Å². The normalized spacial score (nSPS) is 18.7. The molecular weight excluding hydrogens is 317 g/mol. The standard InChI is InChI=1S/C13H11BrFNOS/c14-8-4-7(5-9(15)6-8)13-16-12-10(17)2-1-3-11(12)18-13/h4-6,10,17H,1-3H2. The molecule has 2 aromatic rings. The van der Waals surface area contributed by atoms with Crippen molar-refractivity contribution in [3.63, 3.8) is 0 Å². The van der Waals surface area contributed by atoms with Gasteiger partial charge < -0.3 is 5.11 Å². The van der Waals surface area contributed by atoms with E-state index >= 15 is 0 Å². The van der Waals surface area contributed by atoms with Gasteiger partial charge in [0.1, 0.15) is 10.8 Å². The van der Waals surface area contributed by atoms with Crippen molar-refractivity contribution in [3.8, 4) is 10.6 Å². The third-order valence-corrected chi connectivity index (χ3v) is 4.67. The highest BCUT2D eigenvalue weighted by Crippen LogP contribution is 2.37. The van der Waals surface area contributed by atoms with Gasteiger partial charge in [0, 0.05) is 14.9 Å². The first-order valence-corrected chi connectivity index (χ1v) is 7.38. The fourth-order valence-corrected chi connectivity index (χ4v) is 3.81. The van der Waals surface area contributed by atoms with Crippen molar-refractivity contribution in [2.45, 2.75) is 25.4 Å². The lowest BCUT2D eigenvalue weighted by atomic mass is 10.0. The summed E-state index contributed by atoms with van der Waals surface area (Å²) in [7, 11) is 0.